The van der Waals surface area contributed by atoms with Crippen molar-refractivity contribution in [3.05, 3.63) is 108 Å². The molecule has 4 amide bonds. The van der Waals surface area contributed by atoms with E-state index in [1.54, 1.807) is 78.2 Å². The predicted molar refractivity (Wildman–Crippen MR) is 227 cm³/mol. The summed E-state index contributed by atoms with van der Waals surface area (Å²) in [5.41, 5.74) is 4.86. The highest BCUT2D eigenvalue weighted by Crippen LogP contribution is 2.38. The zero-order chi connectivity index (χ0) is 43.1. The van der Waals surface area contributed by atoms with E-state index in [2.05, 4.69) is 37.6 Å². The van der Waals surface area contributed by atoms with E-state index in [1.807, 2.05) is 25.1 Å². The minimum Gasteiger partial charge on any atom is -0.493 e. The lowest BCUT2D eigenvalue weighted by atomic mass is 10.1. The summed E-state index contributed by atoms with van der Waals surface area (Å²) in [6, 6.07) is 12.0. The fourth-order valence-electron chi connectivity index (χ4n) is 7.45. The third-order valence-corrected chi connectivity index (χ3v) is 10.5. The Morgan fingerprint density at radius 2 is 1.62 bits per heavy atom. The number of fused-ring (bicyclic) bond motifs is 3. The van der Waals surface area contributed by atoms with Crippen LogP contribution in [0.3, 0.4) is 0 Å². The van der Waals surface area contributed by atoms with Gasteiger partial charge in [-0.3, -0.25) is 29.0 Å². The molecule has 8 rings (SSSR count). The van der Waals surface area contributed by atoms with Crippen molar-refractivity contribution in [1.82, 2.24) is 33.4 Å². The van der Waals surface area contributed by atoms with Gasteiger partial charge in [0.2, 0.25) is 11.7 Å². The van der Waals surface area contributed by atoms with Crippen LogP contribution in [-0.4, -0.2) is 95.4 Å². The second-order valence-corrected chi connectivity index (χ2v) is 15.1. The van der Waals surface area contributed by atoms with E-state index in [0.29, 0.717) is 64.7 Å². The second-order valence-electron chi connectivity index (χ2n) is 15.1. The summed E-state index contributed by atoms with van der Waals surface area (Å²) in [5.74, 6) is -0.866. The molecule has 6 aromatic rings. The summed E-state index contributed by atoms with van der Waals surface area (Å²) in [4.78, 5) is 76.8. The van der Waals surface area contributed by atoms with Crippen LogP contribution in [0.2, 0.25) is 0 Å². The summed E-state index contributed by atoms with van der Waals surface area (Å²) >= 11 is 0. The number of anilines is 3. The molecule has 2 aliphatic rings. The van der Waals surface area contributed by atoms with E-state index in [9.17, 15) is 24.0 Å². The van der Waals surface area contributed by atoms with Gasteiger partial charge in [0, 0.05) is 70.4 Å². The number of amides is 4. The van der Waals surface area contributed by atoms with Gasteiger partial charge in [0.15, 0.2) is 17.3 Å². The summed E-state index contributed by atoms with van der Waals surface area (Å²) in [7, 11) is 6.48. The monoisotopic (exact) mass is 825 g/mol. The minimum absolute atomic E-state index is 0.0249. The lowest BCUT2D eigenvalue weighted by molar-refractivity contribution is -0.116. The number of hydrogen-bond donors (Lipinski definition) is 3. The number of nitrogens with one attached hydrogen (secondary N) is 3. The van der Waals surface area contributed by atoms with Gasteiger partial charge in [0.05, 0.1) is 54.1 Å². The molecule has 0 unspecified atom stereocenters. The van der Waals surface area contributed by atoms with Crippen LogP contribution in [0.4, 0.5) is 22.9 Å². The van der Waals surface area contributed by atoms with Crippen LogP contribution >= 0.6 is 0 Å². The van der Waals surface area contributed by atoms with E-state index < -0.39 is 11.8 Å². The maximum Gasteiger partial charge on any atom is 0.295 e. The highest BCUT2D eigenvalue weighted by atomic mass is 16.5. The van der Waals surface area contributed by atoms with Crippen molar-refractivity contribution in [1.29, 1.82) is 0 Å². The first kappa shape index (κ1) is 40.0. The molecule has 0 saturated carbocycles. The van der Waals surface area contributed by atoms with Crippen molar-refractivity contribution in [2.45, 2.75) is 32.2 Å². The molecule has 3 N–H and O–H groups in total. The van der Waals surface area contributed by atoms with Gasteiger partial charge in [0.25, 0.3) is 23.6 Å². The molecule has 312 valence electrons. The number of carbonyl (C=O) groups excluding carboxylic acids is 5. The zero-order valence-corrected chi connectivity index (χ0v) is 34.2. The topological polar surface area (TPSA) is 201 Å². The molecular weight excluding hydrogens is 783 g/mol. The van der Waals surface area contributed by atoms with Gasteiger partial charge in [-0.2, -0.15) is 9.78 Å². The molecule has 18 heteroatoms. The molecule has 4 aromatic heterocycles. The Morgan fingerprint density at radius 3 is 2.39 bits per heavy atom. The van der Waals surface area contributed by atoms with Gasteiger partial charge in [-0.1, -0.05) is 24.3 Å². The van der Waals surface area contributed by atoms with Crippen molar-refractivity contribution in [2.24, 2.45) is 26.1 Å². The number of nitrogens with zero attached hydrogens (tertiary/aromatic N) is 8. The lowest BCUT2D eigenvalue weighted by Crippen LogP contribution is -2.35. The lowest BCUT2D eigenvalue weighted by Gasteiger charge is -2.20. The maximum absolute atomic E-state index is 13.4. The Balaban J connectivity index is 0.837. The van der Waals surface area contributed by atoms with Crippen molar-refractivity contribution < 1.29 is 33.4 Å². The van der Waals surface area contributed by atoms with Crippen LogP contribution < -0.4 is 25.4 Å². The van der Waals surface area contributed by atoms with E-state index >= 15 is 0 Å². The molecule has 2 aliphatic heterocycles. The summed E-state index contributed by atoms with van der Waals surface area (Å²) in [6.07, 6.45) is 9.25. The van der Waals surface area contributed by atoms with Gasteiger partial charge in [-0.05, 0) is 49.6 Å². The quantitative estimate of drug-likeness (QED) is 0.109. The summed E-state index contributed by atoms with van der Waals surface area (Å²) in [6.45, 7) is 6.62. The third-order valence-electron chi connectivity index (χ3n) is 10.5. The normalized spacial score (nSPS) is 14.4. The Labute approximate surface area is 349 Å². The Morgan fingerprint density at radius 1 is 0.885 bits per heavy atom. The standard InChI is InChI=1S/C43H43N11O7/c1-24-9-10-26-18-45-54(32(26)13-24)43(59)34-15-28(22-51(34)4)46-40(56)33-14-27(21-50(33)3)47-41(57)39-49-37(23-52(39)5)48-38(55)8-7-11-61-36-17-31-30(16-35(36)60-6)42(58)53-20-25(2)12-29(53)19-44-31/h9-10,13-19,21-23,29H,2,7-8,11-12,20H2,1,3-6H3,(H,46,56)(H,47,57)(H,48,55)/t29-/m0/s1. The van der Waals surface area contributed by atoms with Crippen molar-refractivity contribution in [2.75, 3.05) is 36.2 Å². The van der Waals surface area contributed by atoms with Gasteiger partial charge < -0.3 is 44.0 Å². The van der Waals surface area contributed by atoms with Crippen LogP contribution in [0.1, 0.15) is 66.8 Å². The number of aromatic nitrogens is 6. The molecular formula is C43H43N11O7. The first-order valence-corrected chi connectivity index (χ1v) is 19.4. The Hall–Kier alpha value is -7.76. The summed E-state index contributed by atoms with van der Waals surface area (Å²) in [5, 5.41) is 13.4. The Bertz CT molecular complexity index is 2820. The highest BCUT2D eigenvalue weighted by Gasteiger charge is 2.34. The average Bonchev–Trinajstić information content (AvgIpc) is 4.05. The number of hydrogen-bond acceptors (Lipinski definition) is 10. The molecule has 0 radical (unpaired) electrons. The molecule has 61 heavy (non-hydrogen) atoms. The number of aliphatic imine (C=N–C) groups is 1. The molecule has 18 nitrogen and oxygen atoms in total. The number of imidazole rings is 1. The molecule has 1 fully saturated rings. The predicted octanol–water partition coefficient (Wildman–Crippen LogP) is 5.24. The maximum atomic E-state index is 13.4. The highest BCUT2D eigenvalue weighted by molar-refractivity contribution is 6.08. The van der Waals surface area contributed by atoms with Crippen molar-refractivity contribution in [3.63, 3.8) is 0 Å². The number of rotatable bonds is 12. The van der Waals surface area contributed by atoms with Gasteiger partial charge >= 0.3 is 0 Å². The minimum atomic E-state index is -0.562. The van der Waals surface area contributed by atoms with Crippen LogP contribution in [0, 0.1) is 6.92 Å². The molecule has 0 spiro atoms. The molecule has 1 atom stereocenters. The molecule has 1 saturated heterocycles. The molecule has 6 heterocycles. The largest absolute Gasteiger partial charge is 0.493 e. The van der Waals surface area contributed by atoms with E-state index in [0.717, 1.165) is 16.5 Å². The molecule has 0 bridgehead atoms. The number of methoxy groups -OCH3 is 1. The van der Waals surface area contributed by atoms with E-state index in [4.69, 9.17) is 9.47 Å². The summed E-state index contributed by atoms with van der Waals surface area (Å²) < 4.78 is 17.5. The number of ether oxygens (including phenoxy) is 2. The fraction of sp³-hybridized carbons (Fsp3) is 0.256. The van der Waals surface area contributed by atoms with Gasteiger partial charge in [0.1, 0.15) is 11.4 Å². The van der Waals surface area contributed by atoms with Crippen LogP contribution in [0.15, 0.2) is 84.4 Å². The number of carbonyl (C=O) groups is 5. The SMILES string of the molecule is C=C1C[C@H]2C=Nc3cc(OCCCC(=O)Nc4cn(C)c(C(=O)Nc5cc(C(=O)Nc6cc(C(=O)n7ncc8ccc(C)cc87)n(C)c6)n(C)c5)n4)c(OC)cc3C(=O)N2C1. The van der Waals surface area contributed by atoms with Crippen LogP contribution in [-0.2, 0) is 25.9 Å². The van der Waals surface area contributed by atoms with Crippen molar-refractivity contribution >= 4 is 69.5 Å². The van der Waals surface area contributed by atoms with E-state index in [1.165, 1.54) is 28.6 Å². The number of benzene rings is 2. The first-order valence-electron chi connectivity index (χ1n) is 19.4. The smallest absolute Gasteiger partial charge is 0.295 e. The molecule has 0 aliphatic carbocycles. The van der Waals surface area contributed by atoms with Crippen molar-refractivity contribution in [3.8, 4) is 11.5 Å². The van der Waals surface area contributed by atoms with Crippen LogP contribution in [0.5, 0.6) is 11.5 Å². The zero-order valence-electron chi connectivity index (χ0n) is 34.2. The number of aryl methyl sites for hydroxylation is 4. The Kier molecular flexibility index (Phi) is 10.6. The first-order chi connectivity index (χ1) is 29.3. The van der Waals surface area contributed by atoms with E-state index in [-0.39, 0.29) is 54.1 Å². The van der Waals surface area contributed by atoms with Crippen LogP contribution in [0.25, 0.3) is 10.9 Å². The second kappa shape index (κ2) is 16.1. The average molecular weight is 826 g/mol. The fourth-order valence-corrected chi connectivity index (χ4v) is 7.45. The third kappa shape index (κ3) is 8.02. The van der Waals surface area contributed by atoms with Gasteiger partial charge in [-0.15, -0.1) is 0 Å². The van der Waals surface area contributed by atoms with Gasteiger partial charge in [-0.25, -0.2) is 4.98 Å². The molecule has 2 aromatic carbocycles.